The zero-order valence-electron chi connectivity index (χ0n) is 20.5. The minimum Gasteiger partial charge on any atom is -0.466 e. The van der Waals surface area contributed by atoms with Crippen LogP contribution in [0.3, 0.4) is 0 Å². The number of hydrogen-bond donors (Lipinski definition) is 0. The van der Waals surface area contributed by atoms with E-state index in [1.54, 1.807) is 0 Å². The van der Waals surface area contributed by atoms with Crippen molar-refractivity contribution in [1.29, 1.82) is 0 Å². The number of unbranched alkanes of at least 4 members (excludes halogenated alkanes) is 7. The fourth-order valence-electron chi connectivity index (χ4n) is 4.47. The minimum absolute atomic E-state index is 0.182. The molecule has 3 aromatic carbocycles. The summed E-state index contributed by atoms with van der Waals surface area (Å²) in [5.41, 5.74) is 2.84. The molecule has 180 valence electrons. The molecule has 0 aliphatic carbocycles. The van der Waals surface area contributed by atoms with Crippen LogP contribution in [0.5, 0.6) is 0 Å². The van der Waals surface area contributed by atoms with Gasteiger partial charge in [-0.15, -0.1) is 0 Å². The highest BCUT2D eigenvalue weighted by Crippen LogP contribution is 2.40. The Morgan fingerprint density at radius 2 is 0.912 bits per heavy atom. The monoisotopic (exact) mass is 458 g/mol. The normalized spacial score (nSPS) is 11.3. The van der Waals surface area contributed by atoms with E-state index in [1.165, 1.54) is 39.0 Å². The van der Waals surface area contributed by atoms with Crippen LogP contribution in [0.4, 0.5) is 0 Å². The van der Waals surface area contributed by atoms with Gasteiger partial charge in [-0.1, -0.05) is 130 Å². The van der Waals surface area contributed by atoms with Crippen molar-refractivity contribution in [3.05, 3.63) is 108 Å². The van der Waals surface area contributed by atoms with Crippen molar-refractivity contribution in [2.24, 2.45) is 0 Å². The maximum Gasteiger partial charge on any atom is 0.302 e. The van der Waals surface area contributed by atoms with E-state index in [0.717, 1.165) is 36.0 Å². The third kappa shape index (κ3) is 7.56. The zero-order chi connectivity index (χ0) is 23.9. The van der Waals surface area contributed by atoms with Gasteiger partial charge in [0, 0.05) is 13.5 Å². The highest BCUT2D eigenvalue weighted by molar-refractivity contribution is 5.65. The summed E-state index contributed by atoms with van der Waals surface area (Å²) < 4.78 is 11.8. The van der Waals surface area contributed by atoms with Crippen molar-refractivity contribution in [1.82, 2.24) is 0 Å². The molecule has 0 saturated carbocycles. The summed E-state index contributed by atoms with van der Waals surface area (Å²) >= 11 is 0. The summed E-state index contributed by atoms with van der Waals surface area (Å²) in [7, 11) is 0. The maximum atomic E-state index is 10.8. The number of esters is 1. The molecule has 0 unspecified atom stereocenters. The van der Waals surface area contributed by atoms with Crippen LogP contribution in [0.1, 0.15) is 75.0 Å². The Kier molecular flexibility index (Phi) is 10.9. The minimum atomic E-state index is -0.619. The van der Waals surface area contributed by atoms with Gasteiger partial charge in [0.25, 0.3) is 0 Å². The smallest absolute Gasteiger partial charge is 0.302 e. The predicted octanol–water partition coefficient (Wildman–Crippen LogP) is 7.68. The lowest BCUT2D eigenvalue weighted by Crippen LogP contribution is -2.33. The SMILES string of the molecule is CC(=O)OCCCCCCCCCCOC(c1ccccc1)(c1ccccc1)c1ccccc1. The van der Waals surface area contributed by atoms with E-state index in [2.05, 4.69) is 91.0 Å². The lowest BCUT2D eigenvalue weighted by atomic mass is 9.80. The summed E-state index contributed by atoms with van der Waals surface area (Å²) in [4.78, 5) is 10.8. The lowest BCUT2D eigenvalue weighted by Gasteiger charge is -2.36. The van der Waals surface area contributed by atoms with Crippen LogP contribution in [-0.4, -0.2) is 19.2 Å². The van der Waals surface area contributed by atoms with Gasteiger partial charge in [-0.2, -0.15) is 0 Å². The number of hydrogen-bond acceptors (Lipinski definition) is 3. The maximum absolute atomic E-state index is 10.8. The van der Waals surface area contributed by atoms with E-state index < -0.39 is 5.60 Å². The van der Waals surface area contributed by atoms with Gasteiger partial charge in [-0.25, -0.2) is 0 Å². The quantitative estimate of drug-likeness (QED) is 0.133. The summed E-state index contributed by atoms with van der Waals surface area (Å²) in [6.45, 7) is 2.73. The number of carbonyl (C=O) groups excluding carboxylic acids is 1. The number of ether oxygens (including phenoxy) is 2. The van der Waals surface area contributed by atoms with E-state index >= 15 is 0 Å². The molecule has 0 radical (unpaired) electrons. The summed E-state index contributed by atoms with van der Waals surface area (Å²) in [6.07, 6.45) is 9.22. The van der Waals surface area contributed by atoms with Gasteiger partial charge in [0.15, 0.2) is 0 Å². The second-order valence-corrected chi connectivity index (χ2v) is 8.80. The molecule has 0 aliphatic rings. The molecule has 0 spiro atoms. The average molecular weight is 459 g/mol. The van der Waals surface area contributed by atoms with Crippen LogP contribution < -0.4 is 0 Å². The number of carbonyl (C=O) groups is 1. The Bertz CT molecular complexity index is 842. The highest BCUT2D eigenvalue weighted by atomic mass is 16.5. The highest BCUT2D eigenvalue weighted by Gasteiger charge is 2.37. The fourth-order valence-corrected chi connectivity index (χ4v) is 4.47. The van der Waals surface area contributed by atoms with Crippen LogP contribution in [0.25, 0.3) is 0 Å². The van der Waals surface area contributed by atoms with Gasteiger partial charge in [0.1, 0.15) is 5.60 Å². The molecule has 0 bridgehead atoms. The third-order valence-electron chi connectivity index (χ3n) is 6.20. The van der Waals surface area contributed by atoms with Crippen molar-refractivity contribution < 1.29 is 14.3 Å². The van der Waals surface area contributed by atoms with Crippen LogP contribution in [0.2, 0.25) is 0 Å². The molecule has 3 aromatic rings. The second-order valence-electron chi connectivity index (χ2n) is 8.80. The Morgan fingerprint density at radius 3 is 1.29 bits per heavy atom. The zero-order valence-corrected chi connectivity index (χ0v) is 20.5. The van der Waals surface area contributed by atoms with E-state index in [1.807, 2.05) is 0 Å². The Balaban J connectivity index is 1.55. The first-order valence-corrected chi connectivity index (χ1v) is 12.7. The Morgan fingerprint density at radius 1 is 0.559 bits per heavy atom. The summed E-state index contributed by atoms with van der Waals surface area (Å²) in [6, 6.07) is 31.7. The van der Waals surface area contributed by atoms with Gasteiger partial charge in [0.2, 0.25) is 0 Å². The van der Waals surface area contributed by atoms with E-state index in [0.29, 0.717) is 13.2 Å². The van der Waals surface area contributed by atoms with Crippen molar-refractivity contribution in [3.8, 4) is 0 Å². The molecule has 3 rings (SSSR count). The first-order chi connectivity index (χ1) is 16.7. The topological polar surface area (TPSA) is 35.5 Å². The predicted molar refractivity (Wildman–Crippen MR) is 139 cm³/mol. The molecular formula is C31H38O3. The number of rotatable bonds is 15. The van der Waals surface area contributed by atoms with Gasteiger partial charge in [-0.05, 0) is 29.5 Å². The van der Waals surface area contributed by atoms with Crippen LogP contribution in [-0.2, 0) is 19.9 Å². The molecule has 0 saturated heterocycles. The first-order valence-electron chi connectivity index (χ1n) is 12.7. The van der Waals surface area contributed by atoms with E-state index in [9.17, 15) is 4.79 Å². The second kappa shape index (κ2) is 14.4. The van der Waals surface area contributed by atoms with Crippen LogP contribution in [0, 0.1) is 0 Å². The molecule has 0 heterocycles. The molecule has 0 atom stereocenters. The fraction of sp³-hybridized carbons (Fsp3) is 0.387. The molecule has 3 heteroatoms. The third-order valence-corrected chi connectivity index (χ3v) is 6.20. The van der Waals surface area contributed by atoms with Gasteiger partial charge < -0.3 is 9.47 Å². The van der Waals surface area contributed by atoms with Crippen molar-refractivity contribution in [3.63, 3.8) is 0 Å². The van der Waals surface area contributed by atoms with Crippen LogP contribution >= 0.6 is 0 Å². The Labute approximate surface area is 205 Å². The molecule has 0 fully saturated rings. The largest absolute Gasteiger partial charge is 0.466 e. The standard InChI is InChI=1S/C31H38O3/c1-27(32)33-25-17-6-4-2-3-5-7-18-26-34-31(28-19-11-8-12-20-28,29-21-13-9-14-22-29)30-23-15-10-16-24-30/h8-16,19-24H,2-7,17-18,25-26H2,1H3. The van der Waals surface area contributed by atoms with E-state index in [4.69, 9.17) is 9.47 Å². The summed E-state index contributed by atoms with van der Waals surface area (Å²) in [5, 5.41) is 0. The van der Waals surface area contributed by atoms with Gasteiger partial charge in [-0.3, -0.25) is 4.79 Å². The van der Waals surface area contributed by atoms with Crippen molar-refractivity contribution >= 4 is 5.97 Å². The molecule has 0 N–H and O–H groups in total. The Hall–Kier alpha value is -2.91. The summed E-state index contributed by atoms with van der Waals surface area (Å²) in [5.74, 6) is -0.182. The molecule has 3 nitrogen and oxygen atoms in total. The first kappa shape index (κ1) is 25.7. The molecular weight excluding hydrogens is 420 g/mol. The van der Waals surface area contributed by atoms with Gasteiger partial charge in [0.05, 0.1) is 6.61 Å². The van der Waals surface area contributed by atoms with Crippen LogP contribution in [0.15, 0.2) is 91.0 Å². The van der Waals surface area contributed by atoms with Crippen molar-refractivity contribution in [2.45, 2.75) is 63.9 Å². The molecule has 0 amide bonds. The average Bonchev–Trinajstić information content (AvgIpc) is 2.88. The van der Waals surface area contributed by atoms with Crippen molar-refractivity contribution in [2.75, 3.05) is 13.2 Å². The van der Waals surface area contributed by atoms with E-state index in [-0.39, 0.29) is 5.97 Å². The molecule has 0 aromatic heterocycles. The molecule has 0 aliphatic heterocycles. The molecule has 34 heavy (non-hydrogen) atoms. The number of benzene rings is 3. The lowest BCUT2D eigenvalue weighted by molar-refractivity contribution is -0.141. The van der Waals surface area contributed by atoms with Gasteiger partial charge >= 0.3 is 5.97 Å².